The first-order valence-corrected chi connectivity index (χ1v) is 10.3. The van der Waals surface area contributed by atoms with Gasteiger partial charge in [-0.2, -0.15) is 0 Å². The van der Waals surface area contributed by atoms with E-state index in [1.54, 1.807) is 16.7 Å². The number of sulfone groups is 1. The number of hydrogen-bond acceptors (Lipinski definition) is 4. The zero-order valence-electron chi connectivity index (χ0n) is 13.3. The summed E-state index contributed by atoms with van der Waals surface area (Å²) in [5.41, 5.74) is 1.15. The Kier molecular flexibility index (Phi) is 5.55. The number of amides is 1. The van der Waals surface area contributed by atoms with E-state index < -0.39 is 9.84 Å². The molecule has 6 heteroatoms. The summed E-state index contributed by atoms with van der Waals surface area (Å²) < 4.78 is 23.3. The maximum Gasteiger partial charge on any atom is 0.236 e. The minimum atomic E-state index is -2.98. The topological polar surface area (TPSA) is 54.5 Å². The molecule has 1 aromatic carbocycles. The molecule has 0 aliphatic carbocycles. The summed E-state index contributed by atoms with van der Waals surface area (Å²) in [4.78, 5) is 15.5. The van der Waals surface area contributed by atoms with Crippen LogP contribution in [0.25, 0.3) is 0 Å². The van der Waals surface area contributed by atoms with Crippen LogP contribution in [-0.2, 0) is 14.6 Å². The summed E-state index contributed by atoms with van der Waals surface area (Å²) in [7, 11) is -2.98. The molecular weight excluding hydrogens is 318 g/mol. The molecule has 1 saturated heterocycles. The van der Waals surface area contributed by atoms with Crippen LogP contribution in [-0.4, -0.2) is 48.6 Å². The zero-order chi connectivity index (χ0) is 16.3. The zero-order valence-corrected chi connectivity index (χ0v) is 14.9. The van der Waals surface area contributed by atoms with Gasteiger partial charge < -0.3 is 4.90 Å². The van der Waals surface area contributed by atoms with Crippen molar-refractivity contribution in [1.29, 1.82) is 0 Å². The van der Waals surface area contributed by atoms with Crippen LogP contribution >= 0.6 is 11.8 Å². The Labute approximate surface area is 137 Å². The van der Waals surface area contributed by atoms with Crippen molar-refractivity contribution in [2.24, 2.45) is 0 Å². The highest BCUT2D eigenvalue weighted by Crippen LogP contribution is 2.28. The molecule has 2 unspecified atom stereocenters. The van der Waals surface area contributed by atoms with Crippen molar-refractivity contribution in [2.45, 2.75) is 43.4 Å². The van der Waals surface area contributed by atoms with Crippen molar-refractivity contribution in [3.63, 3.8) is 0 Å². The van der Waals surface area contributed by atoms with Crippen molar-refractivity contribution in [3.8, 4) is 0 Å². The summed E-state index contributed by atoms with van der Waals surface area (Å²) in [6.07, 6.45) is 0.559. The Bertz CT molecular complexity index is 643. The fourth-order valence-corrected chi connectivity index (χ4v) is 5.54. The van der Waals surface area contributed by atoms with Gasteiger partial charge in [0, 0.05) is 17.5 Å². The van der Waals surface area contributed by atoms with Crippen LogP contribution in [0, 0.1) is 6.92 Å². The second-order valence-electron chi connectivity index (χ2n) is 5.71. The third-order valence-electron chi connectivity index (χ3n) is 4.02. The molecule has 1 aliphatic heterocycles. The molecule has 0 aromatic heterocycles. The number of rotatable bonds is 5. The van der Waals surface area contributed by atoms with Gasteiger partial charge in [0.2, 0.25) is 5.91 Å². The Hall–Kier alpha value is -1.01. The lowest BCUT2D eigenvalue weighted by atomic mass is 10.2. The van der Waals surface area contributed by atoms with Gasteiger partial charge >= 0.3 is 0 Å². The monoisotopic (exact) mass is 341 g/mol. The van der Waals surface area contributed by atoms with Gasteiger partial charge in [-0.15, -0.1) is 11.8 Å². The second-order valence-corrected chi connectivity index (χ2v) is 9.32. The first-order chi connectivity index (χ1) is 10.3. The van der Waals surface area contributed by atoms with E-state index in [0.717, 1.165) is 10.5 Å². The van der Waals surface area contributed by atoms with Gasteiger partial charge in [0.15, 0.2) is 9.84 Å². The van der Waals surface area contributed by atoms with Gasteiger partial charge in [-0.1, -0.05) is 18.2 Å². The van der Waals surface area contributed by atoms with E-state index in [4.69, 9.17) is 0 Å². The van der Waals surface area contributed by atoms with Gasteiger partial charge in [-0.25, -0.2) is 8.42 Å². The van der Waals surface area contributed by atoms with Crippen molar-refractivity contribution in [1.82, 2.24) is 4.90 Å². The minimum absolute atomic E-state index is 0.0258. The Morgan fingerprint density at radius 3 is 2.64 bits per heavy atom. The van der Waals surface area contributed by atoms with Crippen LogP contribution in [0.2, 0.25) is 0 Å². The lowest BCUT2D eigenvalue weighted by Crippen LogP contribution is -2.44. The number of aryl methyl sites for hydroxylation is 1. The van der Waals surface area contributed by atoms with Gasteiger partial charge in [-0.05, 0) is 38.8 Å². The fraction of sp³-hybridized carbons (Fsp3) is 0.562. The van der Waals surface area contributed by atoms with Crippen LogP contribution in [0.4, 0.5) is 0 Å². The van der Waals surface area contributed by atoms with E-state index in [1.165, 1.54) is 0 Å². The highest BCUT2D eigenvalue weighted by atomic mass is 32.2. The molecule has 0 spiro atoms. The van der Waals surface area contributed by atoms with Crippen LogP contribution in [0.1, 0.15) is 25.8 Å². The van der Waals surface area contributed by atoms with E-state index in [-0.39, 0.29) is 28.7 Å². The minimum Gasteiger partial charge on any atom is -0.338 e. The average molecular weight is 341 g/mol. The Balaban J connectivity index is 2.07. The number of benzene rings is 1. The Morgan fingerprint density at radius 2 is 2.09 bits per heavy atom. The van der Waals surface area contributed by atoms with Crippen molar-refractivity contribution < 1.29 is 13.2 Å². The third-order valence-corrected chi connectivity index (χ3v) is 7.04. The highest BCUT2D eigenvalue weighted by molar-refractivity contribution is 8.00. The maximum atomic E-state index is 12.7. The van der Waals surface area contributed by atoms with Gasteiger partial charge in [0.25, 0.3) is 0 Å². The lowest BCUT2D eigenvalue weighted by molar-refractivity contribution is -0.131. The predicted octanol–water partition coefficient (Wildman–Crippen LogP) is 2.51. The van der Waals surface area contributed by atoms with E-state index in [0.29, 0.717) is 13.0 Å². The second kappa shape index (κ2) is 7.04. The number of carbonyl (C=O) groups is 1. The number of nitrogens with zero attached hydrogens (tertiary/aromatic N) is 1. The third kappa shape index (κ3) is 4.04. The molecule has 0 radical (unpaired) electrons. The summed E-state index contributed by atoms with van der Waals surface area (Å²) in [6.45, 7) is 6.39. The maximum absolute atomic E-state index is 12.7. The van der Waals surface area contributed by atoms with Crippen LogP contribution in [0.15, 0.2) is 29.2 Å². The molecule has 1 aliphatic rings. The first kappa shape index (κ1) is 17.3. The summed E-state index contributed by atoms with van der Waals surface area (Å²) in [6, 6.07) is 7.82. The summed E-state index contributed by atoms with van der Waals surface area (Å²) in [5, 5.41) is -0.218. The molecule has 2 rings (SSSR count). The van der Waals surface area contributed by atoms with Crippen molar-refractivity contribution in [3.05, 3.63) is 29.8 Å². The number of carbonyl (C=O) groups excluding carboxylic acids is 1. The molecule has 1 fully saturated rings. The lowest BCUT2D eigenvalue weighted by Gasteiger charge is -2.29. The number of thioether (sulfide) groups is 1. The van der Waals surface area contributed by atoms with E-state index in [2.05, 4.69) is 0 Å². The van der Waals surface area contributed by atoms with Gasteiger partial charge in [0.05, 0.1) is 16.8 Å². The van der Waals surface area contributed by atoms with Gasteiger partial charge in [0.1, 0.15) is 0 Å². The first-order valence-electron chi connectivity index (χ1n) is 7.57. The van der Waals surface area contributed by atoms with E-state index >= 15 is 0 Å². The molecular formula is C16H23NO3S2. The number of hydrogen-bond donors (Lipinski definition) is 0. The molecule has 122 valence electrons. The molecule has 0 N–H and O–H groups in total. The normalized spacial score (nSPS) is 21.5. The highest BCUT2D eigenvalue weighted by Gasteiger charge is 2.35. The Morgan fingerprint density at radius 1 is 1.41 bits per heavy atom. The van der Waals surface area contributed by atoms with Crippen molar-refractivity contribution >= 4 is 27.5 Å². The molecule has 2 atom stereocenters. The average Bonchev–Trinajstić information content (AvgIpc) is 2.82. The SMILES string of the molecule is CCN(C(=O)C(C)Sc1ccccc1C)C1CCS(=O)(=O)C1. The smallest absolute Gasteiger partial charge is 0.236 e. The quantitative estimate of drug-likeness (QED) is 0.772. The fourth-order valence-electron chi connectivity index (χ4n) is 2.78. The molecule has 4 nitrogen and oxygen atoms in total. The molecule has 0 bridgehead atoms. The van der Waals surface area contributed by atoms with Gasteiger partial charge in [-0.3, -0.25) is 4.79 Å². The van der Waals surface area contributed by atoms with Crippen LogP contribution in [0.5, 0.6) is 0 Å². The standard InChI is InChI=1S/C16H23NO3S2/c1-4-17(14-9-10-22(19,20)11-14)16(18)13(3)21-15-8-6-5-7-12(15)2/h5-8,13-14H,4,9-11H2,1-3H3. The molecule has 1 aromatic rings. The predicted molar refractivity (Wildman–Crippen MR) is 90.9 cm³/mol. The largest absolute Gasteiger partial charge is 0.338 e. The van der Waals surface area contributed by atoms with Crippen LogP contribution < -0.4 is 0 Å². The summed E-state index contributed by atoms with van der Waals surface area (Å²) >= 11 is 1.54. The molecule has 1 heterocycles. The molecule has 0 saturated carbocycles. The van der Waals surface area contributed by atoms with E-state index in [1.807, 2.05) is 45.0 Å². The van der Waals surface area contributed by atoms with Crippen LogP contribution in [0.3, 0.4) is 0 Å². The van der Waals surface area contributed by atoms with E-state index in [9.17, 15) is 13.2 Å². The molecule has 22 heavy (non-hydrogen) atoms. The van der Waals surface area contributed by atoms with Crippen molar-refractivity contribution in [2.75, 3.05) is 18.1 Å². The molecule has 1 amide bonds. The summed E-state index contributed by atoms with van der Waals surface area (Å²) in [5.74, 6) is 0.326.